The summed E-state index contributed by atoms with van der Waals surface area (Å²) in [5.74, 6) is 0. The third kappa shape index (κ3) is 1.66. The van der Waals surface area contributed by atoms with Crippen molar-refractivity contribution in [2.45, 2.75) is 51.1 Å². The smallest absolute Gasteiger partial charge is 0.0692 e. The van der Waals surface area contributed by atoms with Gasteiger partial charge in [-0.1, -0.05) is 31.0 Å². The maximum atomic E-state index is 2.77. The standard InChI is InChI=1S/C21H24N2S/c1-14-8-4-5-9-16(14)23-15(2)20-18(21(23)11-6-7-12-21)19-17(24-20)10-13-22(19)3/h4-5,8-10,13,15H,6-7,11-12H2,1-3H3. The first kappa shape index (κ1) is 14.6. The van der Waals surface area contributed by atoms with Gasteiger partial charge in [0.2, 0.25) is 0 Å². The average Bonchev–Trinajstić information content (AvgIpc) is 3.29. The number of hydrogen-bond donors (Lipinski definition) is 0. The van der Waals surface area contributed by atoms with Crippen LogP contribution in [-0.4, -0.2) is 4.57 Å². The molecule has 0 amide bonds. The van der Waals surface area contributed by atoms with E-state index in [4.69, 9.17) is 0 Å². The molecule has 3 heteroatoms. The number of aromatic nitrogens is 1. The average molecular weight is 337 g/mol. The number of para-hydroxylation sites is 1. The molecule has 5 rings (SSSR count). The molecule has 0 N–H and O–H groups in total. The van der Waals surface area contributed by atoms with Crippen molar-refractivity contribution in [2.24, 2.45) is 7.05 Å². The molecule has 2 aliphatic rings. The Bertz CT molecular complexity index is 927. The quantitative estimate of drug-likeness (QED) is 0.537. The summed E-state index contributed by atoms with van der Waals surface area (Å²) in [5, 5.41) is 0. The topological polar surface area (TPSA) is 8.17 Å². The minimum Gasteiger partial charge on any atom is -0.354 e. The molecule has 1 aliphatic heterocycles. The van der Waals surface area contributed by atoms with Crippen molar-refractivity contribution < 1.29 is 0 Å². The van der Waals surface area contributed by atoms with Gasteiger partial charge in [-0.25, -0.2) is 0 Å². The summed E-state index contributed by atoms with van der Waals surface area (Å²) in [5.41, 5.74) is 6.15. The minimum absolute atomic E-state index is 0.200. The van der Waals surface area contributed by atoms with Crippen LogP contribution in [0.5, 0.6) is 0 Å². The minimum atomic E-state index is 0.200. The molecule has 2 nitrogen and oxygen atoms in total. The highest BCUT2D eigenvalue weighted by atomic mass is 32.1. The molecule has 1 aliphatic carbocycles. The van der Waals surface area contributed by atoms with E-state index in [1.54, 1.807) is 10.4 Å². The number of anilines is 1. The van der Waals surface area contributed by atoms with E-state index < -0.39 is 0 Å². The number of aryl methyl sites for hydroxylation is 2. The monoisotopic (exact) mass is 336 g/mol. The van der Waals surface area contributed by atoms with Crippen molar-refractivity contribution in [3.63, 3.8) is 0 Å². The second-order valence-corrected chi connectivity index (χ2v) is 8.64. The summed E-state index contributed by atoms with van der Waals surface area (Å²) in [6, 6.07) is 11.7. The van der Waals surface area contributed by atoms with Gasteiger partial charge in [0.05, 0.1) is 21.8 Å². The number of nitrogens with zero attached hydrogens (tertiary/aromatic N) is 2. The molecule has 1 saturated carbocycles. The number of hydrogen-bond acceptors (Lipinski definition) is 2. The lowest BCUT2D eigenvalue weighted by molar-refractivity contribution is 0.417. The van der Waals surface area contributed by atoms with E-state index in [2.05, 4.69) is 66.9 Å². The van der Waals surface area contributed by atoms with Crippen LogP contribution >= 0.6 is 11.3 Å². The predicted octanol–water partition coefficient (Wildman–Crippen LogP) is 5.90. The van der Waals surface area contributed by atoms with E-state index in [0.717, 1.165) is 0 Å². The van der Waals surface area contributed by atoms with Gasteiger partial charge in [0.25, 0.3) is 0 Å². The van der Waals surface area contributed by atoms with Gasteiger partial charge in [-0.05, 0) is 44.4 Å². The zero-order chi connectivity index (χ0) is 16.5. The highest BCUT2D eigenvalue weighted by Gasteiger charge is 2.53. The highest BCUT2D eigenvalue weighted by molar-refractivity contribution is 7.19. The lowest BCUT2D eigenvalue weighted by Crippen LogP contribution is -2.40. The molecule has 1 spiro atoms. The van der Waals surface area contributed by atoms with Gasteiger partial charge in [0.1, 0.15) is 0 Å². The third-order valence-electron chi connectivity index (χ3n) is 6.24. The van der Waals surface area contributed by atoms with Crippen LogP contribution in [0.3, 0.4) is 0 Å². The van der Waals surface area contributed by atoms with E-state index in [-0.39, 0.29) is 5.54 Å². The summed E-state index contributed by atoms with van der Waals surface area (Å²) < 4.78 is 3.81. The molecule has 3 aromatic rings. The fraction of sp³-hybridized carbons (Fsp3) is 0.429. The Labute approximate surface area is 147 Å². The van der Waals surface area contributed by atoms with Crippen LogP contribution in [0.4, 0.5) is 5.69 Å². The van der Waals surface area contributed by atoms with Crippen LogP contribution in [0.25, 0.3) is 10.2 Å². The first-order chi connectivity index (χ1) is 11.6. The third-order valence-corrected chi connectivity index (χ3v) is 7.55. The normalized spacial score (nSPS) is 22.0. The highest BCUT2D eigenvalue weighted by Crippen LogP contribution is 2.60. The van der Waals surface area contributed by atoms with Gasteiger partial charge in [-0.3, -0.25) is 0 Å². The largest absolute Gasteiger partial charge is 0.354 e. The van der Waals surface area contributed by atoms with Crippen molar-refractivity contribution in [2.75, 3.05) is 4.90 Å². The van der Waals surface area contributed by atoms with Crippen molar-refractivity contribution in [1.29, 1.82) is 0 Å². The van der Waals surface area contributed by atoms with Gasteiger partial charge in [0.15, 0.2) is 0 Å². The second kappa shape index (κ2) is 4.89. The molecule has 1 unspecified atom stereocenters. The van der Waals surface area contributed by atoms with Crippen molar-refractivity contribution in [3.05, 3.63) is 52.5 Å². The Morgan fingerprint density at radius 2 is 1.88 bits per heavy atom. The summed E-state index contributed by atoms with van der Waals surface area (Å²) in [6.07, 6.45) is 7.49. The number of fused-ring (bicyclic) bond motifs is 4. The van der Waals surface area contributed by atoms with Crippen LogP contribution in [0.2, 0.25) is 0 Å². The van der Waals surface area contributed by atoms with E-state index in [1.807, 2.05) is 11.3 Å². The zero-order valence-corrected chi connectivity index (χ0v) is 15.5. The molecule has 1 aromatic carbocycles. The van der Waals surface area contributed by atoms with Crippen LogP contribution in [0.1, 0.15) is 54.7 Å². The van der Waals surface area contributed by atoms with Crippen LogP contribution in [-0.2, 0) is 12.6 Å². The molecule has 3 heterocycles. The van der Waals surface area contributed by atoms with Gasteiger partial charge in [0, 0.05) is 29.4 Å². The van der Waals surface area contributed by atoms with Crippen molar-refractivity contribution in [1.82, 2.24) is 4.57 Å². The van der Waals surface area contributed by atoms with E-state index >= 15 is 0 Å². The summed E-state index contributed by atoms with van der Waals surface area (Å²) in [4.78, 5) is 4.37. The Hall–Kier alpha value is -1.74. The molecule has 24 heavy (non-hydrogen) atoms. The Balaban J connectivity index is 1.81. The van der Waals surface area contributed by atoms with Crippen molar-refractivity contribution >= 4 is 27.2 Å². The molecule has 0 radical (unpaired) electrons. The van der Waals surface area contributed by atoms with Gasteiger partial charge in [-0.15, -0.1) is 11.3 Å². The summed E-state index contributed by atoms with van der Waals surface area (Å²) in [7, 11) is 2.21. The summed E-state index contributed by atoms with van der Waals surface area (Å²) >= 11 is 2.02. The molecule has 124 valence electrons. The Morgan fingerprint density at radius 3 is 2.62 bits per heavy atom. The fourth-order valence-corrected chi connectivity index (χ4v) is 6.62. The molecule has 1 atom stereocenters. The van der Waals surface area contributed by atoms with Crippen LogP contribution in [0, 0.1) is 6.92 Å². The van der Waals surface area contributed by atoms with Gasteiger partial charge < -0.3 is 9.47 Å². The molecule has 0 bridgehead atoms. The lowest BCUT2D eigenvalue weighted by atomic mass is 9.88. The lowest BCUT2D eigenvalue weighted by Gasteiger charge is -2.41. The van der Waals surface area contributed by atoms with Crippen molar-refractivity contribution in [3.8, 4) is 0 Å². The Kier molecular flexibility index (Phi) is 2.97. The SMILES string of the molecule is Cc1ccccc1N1C(C)c2sc3ccn(C)c3c2C12CCCC2. The van der Waals surface area contributed by atoms with Gasteiger partial charge >= 0.3 is 0 Å². The molecule has 0 saturated heterocycles. The number of thiophene rings is 1. The van der Waals surface area contributed by atoms with E-state index in [0.29, 0.717) is 6.04 Å². The maximum Gasteiger partial charge on any atom is 0.0692 e. The first-order valence-corrected chi connectivity index (χ1v) is 9.88. The first-order valence-electron chi connectivity index (χ1n) is 9.07. The second-order valence-electron chi connectivity index (χ2n) is 7.55. The molecule has 2 aromatic heterocycles. The molecular formula is C21H24N2S. The predicted molar refractivity (Wildman–Crippen MR) is 103 cm³/mol. The summed E-state index contributed by atoms with van der Waals surface area (Å²) in [6.45, 7) is 4.67. The Morgan fingerprint density at radius 1 is 1.12 bits per heavy atom. The van der Waals surface area contributed by atoms with Crippen LogP contribution < -0.4 is 4.90 Å². The number of rotatable bonds is 1. The molecule has 1 fully saturated rings. The van der Waals surface area contributed by atoms with Gasteiger partial charge in [-0.2, -0.15) is 0 Å². The van der Waals surface area contributed by atoms with Crippen LogP contribution in [0.15, 0.2) is 36.5 Å². The maximum absolute atomic E-state index is 2.77. The fourth-order valence-electron chi connectivity index (χ4n) is 5.25. The zero-order valence-electron chi connectivity index (χ0n) is 14.7. The number of benzene rings is 1. The van der Waals surface area contributed by atoms with E-state index in [9.17, 15) is 0 Å². The molecular weight excluding hydrogens is 312 g/mol. The van der Waals surface area contributed by atoms with E-state index in [1.165, 1.54) is 47.2 Å².